The number of nitrogens with one attached hydrogen (secondary N) is 1. The highest BCUT2D eigenvalue weighted by atomic mass is 16.2. The Balaban J connectivity index is 0.000000411. The SMILES string of the molecule is CNCCCCc1ccccc1.NC(=O)N(N)N. The van der Waals surface area contributed by atoms with Gasteiger partial charge in [-0.2, -0.15) is 5.12 Å². The minimum Gasteiger partial charge on any atom is -0.349 e. The van der Waals surface area contributed by atoms with Gasteiger partial charge < -0.3 is 11.1 Å². The largest absolute Gasteiger partial charge is 0.349 e. The number of rotatable bonds is 5. The van der Waals surface area contributed by atoms with Crippen molar-refractivity contribution >= 4 is 6.03 Å². The van der Waals surface area contributed by atoms with Gasteiger partial charge in [-0.15, -0.1) is 0 Å². The molecule has 0 aliphatic heterocycles. The molecule has 1 aromatic rings. The van der Waals surface area contributed by atoms with E-state index < -0.39 is 6.03 Å². The molecule has 102 valence electrons. The first-order valence-electron chi connectivity index (χ1n) is 5.85. The fourth-order valence-electron chi connectivity index (χ4n) is 1.28. The Hall–Kier alpha value is -1.63. The van der Waals surface area contributed by atoms with Gasteiger partial charge in [-0.3, -0.25) is 0 Å². The Morgan fingerprint density at radius 2 is 1.78 bits per heavy atom. The zero-order valence-corrected chi connectivity index (χ0v) is 10.8. The van der Waals surface area contributed by atoms with Crippen molar-refractivity contribution in [2.75, 3.05) is 13.6 Å². The lowest BCUT2D eigenvalue weighted by atomic mass is 10.1. The maximum absolute atomic E-state index is 9.60. The van der Waals surface area contributed by atoms with Crippen LogP contribution in [-0.4, -0.2) is 24.7 Å². The molecule has 18 heavy (non-hydrogen) atoms. The summed E-state index contributed by atoms with van der Waals surface area (Å²) in [7, 11) is 2.00. The summed E-state index contributed by atoms with van der Waals surface area (Å²) in [6, 6.07) is 9.81. The monoisotopic (exact) mass is 253 g/mol. The topological polar surface area (TPSA) is 110 Å². The van der Waals surface area contributed by atoms with E-state index in [4.69, 9.17) is 0 Å². The quantitative estimate of drug-likeness (QED) is 0.262. The normalized spacial score (nSPS) is 9.28. The molecule has 0 aliphatic carbocycles. The zero-order chi connectivity index (χ0) is 13.8. The molecule has 1 aromatic carbocycles. The van der Waals surface area contributed by atoms with Gasteiger partial charge in [0.15, 0.2) is 0 Å². The number of carbonyl (C=O) groups excluding carboxylic acids is 1. The van der Waals surface area contributed by atoms with E-state index in [9.17, 15) is 4.79 Å². The van der Waals surface area contributed by atoms with Crippen LogP contribution in [0.25, 0.3) is 0 Å². The molecule has 1 rings (SSSR count). The lowest BCUT2D eigenvalue weighted by Gasteiger charge is -2.00. The maximum atomic E-state index is 9.60. The van der Waals surface area contributed by atoms with E-state index in [-0.39, 0.29) is 0 Å². The molecule has 6 heteroatoms. The second kappa shape index (κ2) is 10.5. The summed E-state index contributed by atoms with van der Waals surface area (Å²) in [5.74, 6) is 9.14. The summed E-state index contributed by atoms with van der Waals surface area (Å²) in [6.45, 7) is 1.13. The highest BCUT2D eigenvalue weighted by Gasteiger charge is 1.90. The molecule has 2 amide bonds. The molecule has 7 N–H and O–H groups in total. The van der Waals surface area contributed by atoms with Crippen molar-refractivity contribution in [1.29, 1.82) is 0 Å². The molecule has 0 atom stereocenters. The van der Waals surface area contributed by atoms with E-state index in [2.05, 4.69) is 53.1 Å². The number of nitrogens with two attached hydrogens (primary N) is 3. The molecule has 0 bridgehead atoms. The number of benzene rings is 1. The number of carbonyl (C=O) groups is 1. The van der Waals surface area contributed by atoms with Crippen LogP contribution in [0.2, 0.25) is 0 Å². The lowest BCUT2D eigenvalue weighted by molar-refractivity contribution is 0.210. The third-order valence-corrected chi connectivity index (χ3v) is 2.24. The van der Waals surface area contributed by atoms with E-state index >= 15 is 0 Å². The molecular weight excluding hydrogens is 230 g/mol. The van der Waals surface area contributed by atoms with Crippen molar-refractivity contribution in [1.82, 2.24) is 10.4 Å². The molecule has 6 nitrogen and oxygen atoms in total. The number of nitrogens with zero attached hydrogens (tertiary/aromatic N) is 1. The van der Waals surface area contributed by atoms with E-state index in [0.29, 0.717) is 5.12 Å². The van der Waals surface area contributed by atoms with Crippen molar-refractivity contribution in [3.63, 3.8) is 0 Å². The Bertz CT molecular complexity index is 316. The van der Waals surface area contributed by atoms with Crippen LogP contribution in [0.15, 0.2) is 30.3 Å². The van der Waals surface area contributed by atoms with Crippen LogP contribution in [0.1, 0.15) is 18.4 Å². The third-order valence-electron chi connectivity index (χ3n) is 2.24. The van der Waals surface area contributed by atoms with E-state index in [0.717, 1.165) is 6.54 Å². The predicted molar refractivity (Wildman–Crippen MR) is 73.1 cm³/mol. The summed E-state index contributed by atoms with van der Waals surface area (Å²) < 4.78 is 0. The van der Waals surface area contributed by atoms with Crippen LogP contribution >= 0.6 is 0 Å². The van der Waals surface area contributed by atoms with Gasteiger partial charge in [0.25, 0.3) is 0 Å². The van der Waals surface area contributed by atoms with Crippen LogP contribution in [0.3, 0.4) is 0 Å². The zero-order valence-electron chi connectivity index (χ0n) is 10.8. The molecule has 0 aliphatic rings. The van der Waals surface area contributed by atoms with Crippen LogP contribution in [0.5, 0.6) is 0 Å². The molecule has 0 saturated heterocycles. The van der Waals surface area contributed by atoms with Gasteiger partial charge in [0.05, 0.1) is 0 Å². The number of hydrazine groups is 2. The fourth-order valence-corrected chi connectivity index (χ4v) is 1.28. The van der Waals surface area contributed by atoms with Gasteiger partial charge in [-0.25, -0.2) is 16.5 Å². The van der Waals surface area contributed by atoms with Crippen molar-refractivity contribution in [3.8, 4) is 0 Å². The Morgan fingerprint density at radius 3 is 2.22 bits per heavy atom. The number of primary amides is 1. The first kappa shape index (κ1) is 16.4. The highest BCUT2D eigenvalue weighted by molar-refractivity contribution is 5.70. The predicted octanol–water partition coefficient (Wildman–Crippen LogP) is 0.343. The molecule has 0 unspecified atom stereocenters. The molecule has 0 spiro atoms. The standard InChI is InChI=1S/C11H17N.CH6N4O/c1-12-10-6-5-9-11-7-3-2-4-8-11;2-1(6)5(3)4/h2-4,7-8,12H,5-6,9-10H2,1H3;3-4H2,(H2,2,6). The molecule has 0 aromatic heterocycles. The Kier molecular flexibility index (Phi) is 9.57. The van der Waals surface area contributed by atoms with Crippen LogP contribution in [0.4, 0.5) is 4.79 Å². The smallest absolute Gasteiger partial charge is 0.343 e. The minimum absolute atomic E-state index is 0.306. The lowest BCUT2D eigenvalue weighted by Crippen LogP contribution is -2.46. The summed E-state index contributed by atoms with van der Waals surface area (Å²) in [5, 5.41) is 3.46. The number of unbranched alkanes of at least 4 members (excludes halogenated alkanes) is 1. The molecule has 0 fully saturated rings. The van der Waals surface area contributed by atoms with Gasteiger partial charge in [0.2, 0.25) is 0 Å². The fraction of sp³-hybridized carbons (Fsp3) is 0.417. The van der Waals surface area contributed by atoms with E-state index in [1.165, 1.54) is 24.8 Å². The summed E-state index contributed by atoms with van der Waals surface area (Å²) in [4.78, 5) is 9.60. The Morgan fingerprint density at radius 1 is 1.22 bits per heavy atom. The number of hydrogen-bond acceptors (Lipinski definition) is 4. The van der Waals surface area contributed by atoms with Gasteiger partial charge in [0, 0.05) is 0 Å². The number of urea groups is 1. The van der Waals surface area contributed by atoms with Gasteiger partial charge in [0.1, 0.15) is 0 Å². The van der Waals surface area contributed by atoms with Gasteiger partial charge >= 0.3 is 6.03 Å². The van der Waals surface area contributed by atoms with Crippen molar-refractivity contribution < 1.29 is 4.79 Å². The minimum atomic E-state index is -0.852. The summed E-state index contributed by atoms with van der Waals surface area (Å²) >= 11 is 0. The van der Waals surface area contributed by atoms with Gasteiger partial charge in [-0.1, -0.05) is 30.3 Å². The van der Waals surface area contributed by atoms with Crippen molar-refractivity contribution in [3.05, 3.63) is 35.9 Å². The van der Waals surface area contributed by atoms with Crippen molar-refractivity contribution in [2.45, 2.75) is 19.3 Å². The Labute approximate surface area is 108 Å². The average molecular weight is 253 g/mol. The van der Waals surface area contributed by atoms with Crippen LogP contribution < -0.4 is 22.7 Å². The third kappa shape index (κ3) is 9.59. The van der Waals surface area contributed by atoms with Gasteiger partial charge in [-0.05, 0) is 38.4 Å². The maximum Gasteiger partial charge on any atom is 0.343 e. The van der Waals surface area contributed by atoms with Crippen LogP contribution in [0, 0.1) is 0 Å². The van der Waals surface area contributed by atoms with Crippen molar-refractivity contribution in [2.24, 2.45) is 17.4 Å². The van der Waals surface area contributed by atoms with Crippen LogP contribution in [-0.2, 0) is 6.42 Å². The second-order valence-electron chi connectivity index (χ2n) is 3.79. The van der Waals surface area contributed by atoms with E-state index in [1.807, 2.05) is 7.05 Å². The molecule has 0 saturated carbocycles. The molecule has 0 heterocycles. The first-order valence-corrected chi connectivity index (χ1v) is 5.85. The number of aryl methyl sites for hydroxylation is 1. The number of hydrogen-bond donors (Lipinski definition) is 4. The number of amides is 2. The molecule has 0 radical (unpaired) electrons. The summed E-state index contributed by atoms with van der Waals surface area (Å²) in [5.41, 5.74) is 5.92. The van der Waals surface area contributed by atoms with E-state index in [1.54, 1.807) is 0 Å². The highest BCUT2D eigenvalue weighted by Crippen LogP contribution is 2.03. The summed E-state index contributed by atoms with van der Waals surface area (Å²) in [6.07, 6.45) is 3.76. The average Bonchev–Trinajstić information content (AvgIpc) is 2.36. The molecular formula is C12H23N5O. The first-order chi connectivity index (χ1) is 8.57. The second-order valence-corrected chi connectivity index (χ2v) is 3.79.